The molecule has 1 aliphatic rings. The van der Waals surface area contributed by atoms with E-state index >= 15 is 0 Å². The van der Waals surface area contributed by atoms with E-state index in [4.69, 9.17) is 0 Å². The quantitative estimate of drug-likeness (QED) is 0.791. The van der Waals surface area contributed by atoms with Gasteiger partial charge in [-0.05, 0) is 53.8 Å². The first-order valence-corrected chi connectivity index (χ1v) is 9.69. The second-order valence-electron chi connectivity index (χ2n) is 7.05. The molecule has 4 nitrogen and oxygen atoms in total. The van der Waals surface area contributed by atoms with E-state index in [0.717, 1.165) is 28.7 Å². The molecular weight excluding hydrogens is 392 g/mol. The van der Waals surface area contributed by atoms with Crippen molar-refractivity contribution in [2.45, 2.75) is 33.2 Å². The lowest BCUT2D eigenvalue weighted by Gasteiger charge is -2.18. The fraction of sp³-hybridized carbons (Fsp3) is 0.333. The number of benzene rings is 2. The van der Waals surface area contributed by atoms with Crippen LogP contribution in [0.4, 0.5) is 5.69 Å². The maximum atomic E-state index is 12.4. The van der Waals surface area contributed by atoms with Gasteiger partial charge < -0.3 is 10.2 Å². The van der Waals surface area contributed by atoms with Gasteiger partial charge in [-0.15, -0.1) is 0 Å². The zero-order valence-electron chi connectivity index (χ0n) is 15.1. The van der Waals surface area contributed by atoms with Gasteiger partial charge in [0.15, 0.2) is 0 Å². The lowest BCUT2D eigenvalue weighted by Crippen LogP contribution is -2.29. The van der Waals surface area contributed by atoms with Crippen LogP contribution < -0.4 is 10.2 Å². The molecule has 0 bridgehead atoms. The van der Waals surface area contributed by atoms with Crippen LogP contribution in [0.5, 0.6) is 0 Å². The highest BCUT2D eigenvalue weighted by atomic mass is 79.9. The van der Waals surface area contributed by atoms with Crippen molar-refractivity contribution in [3.63, 3.8) is 0 Å². The Balaban J connectivity index is 1.64. The lowest BCUT2D eigenvalue weighted by molar-refractivity contribution is -0.119. The van der Waals surface area contributed by atoms with Gasteiger partial charge in [0.2, 0.25) is 5.91 Å². The number of carbonyl (C=O) groups excluding carboxylic acids is 2. The number of nitrogens with one attached hydrogen (secondary N) is 1. The maximum Gasteiger partial charge on any atom is 0.251 e. The highest BCUT2D eigenvalue weighted by Gasteiger charge is 2.25. The summed E-state index contributed by atoms with van der Waals surface area (Å²) in [6.07, 6.45) is 1.44. The molecule has 1 heterocycles. The van der Waals surface area contributed by atoms with E-state index in [-0.39, 0.29) is 11.8 Å². The molecule has 0 radical (unpaired) electrons. The average Bonchev–Trinajstić information content (AvgIpc) is 3.03. The molecule has 5 heteroatoms. The topological polar surface area (TPSA) is 49.4 Å². The highest BCUT2D eigenvalue weighted by Crippen LogP contribution is 2.30. The Morgan fingerprint density at radius 3 is 2.58 bits per heavy atom. The van der Waals surface area contributed by atoms with Crippen molar-refractivity contribution in [2.24, 2.45) is 5.92 Å². The summed E-state index contributed by atoms with van der Waals surface area (Å²) in [6.45, 7) is 5.34. The Hall–Kier alpha value is -2.14. The molecule has 0 atom stereocenters. The summed E-state index contributed by atoms with van der Waals surface area (Å²) < 4.78 is 0.948. The molecule has 2 amide bonds. The van der Waals surface area contributed by atoms with E-state index in [1.165, 1.54) is 5.56 Å². The molecule has 0 fully saturated rings. The van der Waals surface area contributed by atoms with Crippen molar-refractivity contribution in [3.8, 4) is 0 Å². The predicted octanol–water partition coefficient (Wildman–Crippen LogP) is 4.31. The van der Waals surface area contributed by atoms with Gasteiger partial charge in [-0.25, -0.2) is 0 Å². The van der Waals surface area contributed by atoms with Crippen molar-refractivity contribution in [2.75, 3.05) is 11.4 Å². The SMILES string of the molecule is CC(C)CC(=O)N1CCc2cc(CNC(=O)c3ccc(Br)cc3)ccc21. The van der Waals surface area contributed by atoms with Gasteiger partial charge in [-0.3, -0.25) is 9.59 Å². The van der Waals surface area contributed by atoms with Crippen LogP contribution in [0.25, 0.3) is 0 Å². The zero-order chi connectivity index (χ0) is 18.7. The average molecular weight is 415 g/mol. The molecule has 0 saturated carbocycles. The zero-order valence-corrected chi connectivity index (χ0v) is 16.7. The van der Waals surface area contributed by atoms with Crippen LogP contribution in [0.3, 0.4) is 0 Å². The molecule has 2 aromatic rings. The first-order chi connectivity index (χ1) is 12.4. The summed E-state index contributed by atoms with van der Waals surface area (Å²) in [7, 11) is 0. The fourth-order valence-electron chi connectivity index (χ4n) is 3.17. The second kappa shape index (κ2) is 8.04. The number of fused-ring (bicyclic) bond motifs is 1. The van der Waals surface area contributed by atoms with Gasteiger partial charge >= 0.3 is 0 Å². The molecule has 3 rings (SSSR count). The Kier molecular flexibility index (Phi) is 5.77. The lowest BCUT2D eigenvalue weighted by atomic mass is 10.1. The number of hydrogen-bond donors (Lipinski definition) is 1. The Bertz CT molecular complexity index is 815. The summed E-state index contributed by atoms with van der Waals surface area (Å²) in [4.78, 5) is 26.5. The first kappa shape index (κ1) is 18.6. The van der Waals surface area contributed by atoms with Crippen LogP contribution in [-0.4, -0.2) is 18.4 Å². The summed E-state index contributed by atoms with van der Waals surface area (Å²) in [6, 6.07) is 13.4. The molecule has 1 N–H and O–H groups in total. The van der Waals surface area contributed by atoms with E-state index in [1.54, 1.807) is 12.1 Å². The molecule has 0 spiro atoms. The van der Waals surface area contributed by atoms with Gasteiger partial charge in [0.25, 0.3) is 5.91 Å². The molecule has 26 heavy (non-hydrogen) atoms. The number of halogens is 1. The Labute approximate surface area is 162 Å². The number of rotatable bonds is 5. The van der Waals surface area contributed by atoms with Crippen molar-refractivity contribution >= 4 is 33.4 Å². The monoisotopic (exact) mass is 414 g/mol. The Morgan fingerprint density at radius 1 is 1.15 bits per heavy atom. The molecule has 0 unspecified atom stereocenters. The van der Waals surface area contributed by atoms with Crippen LogP contribution in [0.2, 0.25) is 0 Å². The summed E-state index contributed by atoms with van der Waals surface area (Å²) >= 11 is 3.37. The number of hydrogen-bond acceptors (Lipinski definition) is 2. The molecular formula is C21H23BrN2O2. The highest BCUT2D eigenvalue weighted by molar-refractivity contribution is 9.10. The standard InChI is InChI=1S/C21H23BrN2O2/c1-14(2)11-20(25)24-10-9-17-12-15(3-8-19(17)24)13-23-21(26)16-4-6-18(22)7-5-16/h3-8,12,14H,9-11,13H2,1-2H3,(H,23,26). The molecule has 1 aliphatic heterocycles. The van der Waals surface area contributed by atoms with Crippen molar-refractivity contribution in [3.05, 3.63) is 63.6 Å². The molecule has 136 valence electrons. The maximum absolute atomic E-state index is 12.4. The minimum absolute atomic E-state index is 0.0910. The van der Waals surface area contributed by atoms with Crippen LogP contribution in [-0.2, 0) is 17.8 Å². The van der Waals surface area contributed by atoms with E-state index < -0.39 is 0 Å². The number of carbonyl (C=O) groups is 2. The number of nitrogens with zero attached hydrogens (tertiary/aromatic N) is 1. The minimum atomic E-state index is -0.0910. The summed E-state index contributed by atoms with van der Waals surface area (Å²) in [5.41, 5.74) is 3.88. The van der Waals surface area contributed by atoms with Crippen molar-refractivity contribution in [1.82, 2.24) is 5.32 Å². The predicted molar refractivity (Wildman–Crippen MR) is 107 cm³/mol. The van der Waals surface area contributed by atoms with Crippen LogP contribution >= 0.6 is 15.9 Å². The van der Waals surface area contributed by atoms with Crippen LogP contribution in [0.1, 0.15) is 41.8 Å². The largest absolute Gasteiger partial charge is 0.348 e. The van der Waals surface area contributed by atoms with Gasteiger partial charge in [-0.2, -0.15) is 0 Å². The third-order valence-corrected chi connectivity index (χ3v) is 5.01. The number of anilines is 1. The van der Waals surface area contributed by atoms with Crippen molar-refractivity contribution < 1.29 is 9.59 Å². The van der Waals surface area contributed by atoms with E-state index in [0.29, 0.717) is 24.4 Å². The molecule has 0 saturated heterocycles. The van der Waals surface area contributed by atoms with Gasteiger partial charge in [0.05, 0.1) is 0 Å². The van der Waals surface area contributed by atoms with E-state index in [9.17, 15) is 9.59 Å². The summed E-state index contributed by atoms with van der Waals surface area (Å²) in [5.74, 6) is 0.460. The normalized spacial score (nSPS) is 13.0. The molecule has 2 aromatic carbocycles. The Morgan fingerprint density at radius 2 is 1.88 bits per heavy atom. The summed E-state index contributed by atoms with van der Waals surface area (Å²) in [5, 5.41) is 2.95. The smallest absolute Gasteiger partial charge is 0.251 e. The van der Waals surface area contributed by atoms with E-state index in [1.807, 2.05) is 29.2 Å². The van der Waals surface area contributed by atoms with Gasteiger partial charge in [-0.1, -0.05) is 41.9 Å². The third-order valence-electron chi connectivity index (χ3n) is 4.48. The molecule has 0 aromatic heterocycles. The van der Waals surface area contributed by atoms with E-state index in [2.05, 4.69) is 41.2 Å². The van der Waals surface area contributed by atoms with Crippen LogP contribution in [0.15, 0.2) is 46.9 Å². The fourth-order valence-corrected chi connectivity index (χ4v) is 3.43. The van der Waals surface area contributed by atoms with Gasteiger partial charge in [0.1, 0.15) is 0 Å². The van der Waals surface area contributed by atoms with Gasteiger partial charge in [0, 0.05) is 35.2 Å². The second-order valence-corrected chi connectivity index (χ2v) is 7.96. The third kappa shape index (κ3) is 4.33. The number of amides is 2. The van der Waals surface area contributed by atoms with Crippen LogP contribution in [0, 0.1) is 5.92 Å². The molecule has 0 aliphatic carbocycles. The minimum Gasteiger partial charge on any atom is -0.348 e. The first-order valence-electron chi connectivity index (χ1n) is 8.90. The van der Waals surface area contributed by atoms with Crippen molar-refractivity contribution in [1.29, 1.82) is 0 Å².